The molecule has 3 nitrogen and oxygen atoms in total. The van der Waals surface area contributed by atoms with Crippen molar-refractivity contribution in [2.45, 2.75) is 33.1 Å². The molecule has 1 rings (SSSR count). The summed E-state index contributed by atoms with van der Waals surface area (Å²) in [6, 6.07) is 4.11. The zero-order valence-electron chi connectivity index (χ0n) is 11.9. The maximum Gasteiger partial charge on any atom is 0.311 e. The van der Waals surface area contributed by atoms with E-state index in [0.717, 1.165) is 23.2 Å². The normalized spacial score (nSPS) is 12.8. The van der Waals surface area contributed by atoms with Gasteiger partial charge in [-0.25, -0.2) is 0 Å². The fraction of sp³-hybridized carbons (Fsp3) is 0.533. The number of hydrogen-bond acceptors (Lipinski definition) is 2. The molecule has 0 bridgehead atoms. The Labute approximate surface area is 109 Å². The van der Waals surface area contributed by atoms with Crippen LogP contribution in [0.25, 0.3) is 0 Å². The molecule has 0 fully saturated rings. The summed E-state index contributed by atoms with van der Waals surface area (Å²) < 4.78 is 0. The molecule has 100 valence electrons. The predicted octanol–water partition coefficient (Wildman–Crippen LogP) is 2.73. The zero-order chi connectivity index (χ0) is 13.9. The number of nitrogens with zero attached hydrogens (tertiary/aromatic N) is 1. The first-order valence-electron chi connectivity index (χ1n) is 6.28. The van der Waals surface area contributed by atoms with Crippen molar-refractivity contribution < 1.29 is 9.90 Å². The number of rotatable bonds is 5. The van der Waals surface area contributed by atoms with E-state index < -0.39 is 11.9 Å². The Kier molecular flexibility index (Phi) is 4.91. The van der Waals surface area contributed by atoms with E-state index in [2.05, 4.69) is 13.0 Å². The van der Waals surface area contributed by atoms with Crippen molar-refractivity contribution in [2.24, 2.45) is 0 Å². The van der Waals surface area contributed by atoms with Crippen LogP contribution in [0.3, 0.4) is 0 Å². The molecule has 1 aromatic rings. The Balaban J connectivity index is 3.06. The standard InChI is InChI=1S/C15H23NO2/c1-10-8-12(3)14(9-11(10)2)13(15(17)18)6-7-16(4)5/h8-9,13H,6-7H2,1-5H3,(H,17,18). The molecule has 0 saturated heterocycles. The molecule has 3 heteroatoms. The molecule has 18 heavy (non-hydrogen) atoms. The second kappa shape index (κ2) is 6.01. The largest absolute Gasteiger partial charge is 0.481 e. The molecular formula is C15H23NO2. The number of aryl methyl sites for hydroxylation is 3. The summed E-state index contributed by atoms with van der Waals surface area (Å²) in [5.74, 6) is -1.14. The molecule has 0 aliphatic rings. The van der Waals surface area contributed by atoms with E-state index in [1.807, 2.05) is 38.9 Å². The molecule has 1 atom stereocenters. The lowest BCUT2D eigenvalue weighted by Crippen LogP contribution is -2.21. The first kappa shape index (κ1) is 14.7. The lowest BCUT2D eigenvalue weighted by atomic mass is 9.89. The SMILES string of the molecule is Cc1cc(C)c(C(CCN(C)C)C(=O)O)cc1C. The van der Waals surface area contributed by atoms with Crippen molar-refractivity contribution in [3.8, 4) is 0 Å². The Bertz CT molecular complexity index is 438. The number of benzene rings is 1. The van der Waals surface area contributed by atoms with Crippen LogP contribution in [0.15, 0.2) is 12.1 Å². The highest BCUT2D eigenvalue weighted by atomic mass is 16.4. The van der Waals surface area contributed by atoms with Gasteiger partial charge in [-0.05, 0) is 70.1 Å². The summed E-state index contributed by atoms with van der Waals surface area (Å²) in [5, 5.41) is 9.41. The van der Waals surface area contributed by atoms with Crippen molar-refractivity contribution in [3.05, 3.63) is 34.4 Å². The first-order valence-corrected chi connectivity index (χ1v) is 6.28. The Morgan fingerprint density at radius 1 is 1.17 bits per heavy atom. The Hall–Kier alpha value is -1.35. The maximum atomic E-state index is 11.4. The van der Waals surface area contributed by atoms with E-state index in [1.165, 1.54) is 5.56 Å². The van der Waals surface area contributed by atoms with Gasteiger partial charge in [-0.3, -0.25) is 4.79 Å². The van der Waals surface area contributed by atoms with Crippen LogP contribution in [-0.2, 0) is 4.79 Å². The van der Waals surface area contributed by atoms with Crippen LogP contribution in [0.1, 0.15) is 34.6 Å². The third-order valence-corrected chi connectivity index (χ3v) is 3.42. The molecule has 0 amide bonds. The summed E-state index contributed by atoms with van der Waals surface area (Å²) in [5.41, 5.74) is 4.40. The second-order valence-electron chi connectivity index (χ2n) is 5.28. The molecule has 1 unspecified atom stereocenters. The van der Waals surface area contributed by atoms with E-state index in [1.54, 1.807) is 0 Å². The molecule has 0 aliphatic carbocycles. The van der Waals surface area contributed by atoms with Crippen molar-refractivity contribution in [1.29, 1.82) is 0 Å². The van der Waals surface area contributed by atoms with Crippen LogP contribution in [-0.4, -0.2) is 36.6 Å². The molecule has 0 aliphatic heterocycles. The highest BCUT2D eigenvalue weighted by Gasteiger charge is 2.22. The van der Waals surface area contributed by atoms with E-state index in [-0.39, 0.29) is 0 Å². The third kappa shape index (κ3) is 3.57. The van der Waals surface area contributed by atoms with Gasteiger partial charge in [0.1, 0.15) is 0 Å². The monoisotopic (exact) mass is 249 g/mol. The minimum Gasteiger partial charge on any atom is -0.481 e. The van der Waals surface area contributed by atoms with Gasteiger partial charge in [-0.2, -0.15) is 0 Å². The average Bonchev–Trinajstić information content (AvgIpc) is 2.24. The number of hydrogen-bond donors (Lipinski definition) is 1. The van der Waals surface area contributed by atoms with Crippen molar-refractivity contribution in [1.82, 2.24) is 4.90 Å². The van der Waals surface area contributed by atoms with E-state index >= 15 is 0 Å². The number of carbonyl (C=O) groups is 1. The van der Waals surface area contributed by atoms with Crippen molar-refractivity contribution in [2.75, 3.05) is 20.6 Å². The van der Waals surface area contributed by atoms with E-state index in [4.69, 9.17) is 0 Å². The van der Waals surface area contributed by atoms with Crippen LogP contribution < -0.4 is 0 Å². The quantitative estimate of drug-likeness (QED) is 0.872. The first-order chi connectivity index (χ1) is 8.32. The van der Waals surface area contributed by atoms with Gasteiger partial charge in [0.2, 0.25) is 0 Å². The van der Waals surface area contributed by atoms with Gasteiger partial charge in [-0.15, -0.1) is 0 Å². The minimum absolute atomic E-state index is 0.410. The lowest BCUT2D eigenvalue weighted by Gasteiger charge is -2.19. The van der Waals surface area contributed by atoms with Crippen LogP contribution in [0.5, 0.6) is 0 Å². The fourth-order valence-electron chi connectivity index (χ4n) is 2.16. The highest BCUT2D eigenvalue weighted by molar-refractivity contribution is 5.76. The van der Waals surface area contributed by atoms with Gasteiger partial charge >= 0.3 is 5.97 Å². The van der Waals surface area contributed by atoms with Crippen LogP contribution in [0.4, 0.5) is 0 Å². The molecule has 0 aromatic heterocycles. The highest BCUT2D eigenvalue weighted by Crippen LogP contribution is 2.26. The Morgan fingerprint density at radius 2 is 1.72 bits per heavy atom. The van der Waals surface area contributed by atoms with Crippen LogP contribution in [0, 0.1) is 20.8 Å². The molecule has 0 saturated carbocycles. The van der Waals surface area contributed by atoms with Gasteiger partial charge < -0.3 is 10.0 Å². The molecule has 0 spiro atoms. The number of aliphatic carboxylic acids is 1. The second-order valence-corrected chi connectivity index (χ2v) is 5.28. The number of carboxylic acids is 1. The predicted molar refractivity (Wildman–Crippen MR) is 74.2 cm³/mol. The molecular weight excluding hydrogens is 226 g/mol. The average molecular weight is 249 g/mol. The smallest absolute Gasteiger partial charge is 0.311 e. The minimum atomic E-state index is -0.733. The van der Waals surface area contributed by atoms with E-state index in [9.17, 15) is 9.90 Å². The van der Waals surface area contributed by atoms with Crippen LogP contribution in [0.2, 0.25) is 0 Å². The van der Waals surface area contributed by atoms with Gasteiger partial charge in [0, 0.05) is 0 Å². The molecule has 0 radical (unpaired) electrons. The van der Waals surface area contributed by atoms with Gasteiger partial charge in [0.25, 0.3) is 0 Å². The summed E-state index contributed by atoms with van der Waals surface area (Å²) in [7, 11) is 3.93. The molecule has 0 heterocycles. The van der Waals surface area contributed by atoms with Crippen molar-refractivity contribution >= 4 is 5.97 Å². The van der Waals surface area contributed by atoms with Crippen LogP contribution >= 0.6 is 0 Å². The fourth-order valence-corrected chi connectivity index (χ4v) is 2.16. The Morgan fingerprint density at radius 3 is 2.22 bits per heavy atom. The molecule has 1 N–H and O–H groups in total. The number of carboxylic acid groups (broad SMARTS) is 1. The topological polar surface area (TPSA) is 40.5 Å². The van der Waals surface area contributed by atoms with E-state index in [0.29, 0.717) is 6.42 Å². The summed E-state index contributed by atoms with van der Waals surface area (Å²) in [6.45, 7) is 6.86. The maximum absolute atomic E-state index is 11.4. The summed E-state index contributed by atoms with van der Waals surface area (Å²) in [4.78, 5) is 13.5. The third-order valence-electron chi connectivity index (χ3n) is 3.42. The summed E-state index contributed by atoms with van der Waals surface area (Å²) in [6.07, 6.45) is 0.645. The lowest BCUT2D eigenvalue weighted by molar-refractivity contribution is -0.139. The van der Waals surface area contributed by atoms with Gasteiger partial charge in [0.15, 0.2) is 0 Å². The molecule has 1 aromatic carbocycles. The van der Waals surface area contributed by atoms with Gasteiger partial charge in [0.05, 0.1) is 5.92 Å². The zero-order valence-corrected chi connectivity index (χ0v) is 11.9. The van der Waals surface area contributed by atoms with Crippen molar-refractivity contribution in [3.63, 3.8) is 0 Å². The summed E-state index contributed by atoms with van der Waals surface area (Å²) >= 11 is 0. The van der Waals surface area contributed by atoms with Gasteiger partial charge in [-0.1, -0.05) is 12.1 Å².